The summed E-state index contributed by atoms with van der Waals surface area (Å²) < 4.78 is 10.2. The Morgan fingerprint density at radius 1 is 1.00 bits per heavy atom. The first-order chi connectivity index (χ1) is 6.57. The highest BCUT2D eigenvalue weighted by molar-refractivity contribution is 4.89. The van der Waals surface area contributed by atoms with Gasteiger partial charge in [0.05, 0.1) is 12.2 Å². The van der Waals surface area contributed by atoms with Gasteiger partial charge in [0.15, 0.2) is 0 Å². The van der Waals surface area contributed by atoms with Crippen molar-refractivity contribution in [1.82, 2.24) is 0 Å². The zero-order valence-electron chi connectivity index (χ0n) is 9.60. The highest BCUT2D eigenvalue weighted by atomic mass is 16.6. The maximum atomic E-state index is 9.52. The lowest BCUT2D eigenvalue weighted by atomic mass is 9.96. The fourth-order valence-corrected chi connectivity index (χ4v) is 1.51. The van der Waals surface area contributed by atoms with Crippen LogP contribution in [0.3, 0.4) is 0 Å². The van der Waals surface area contributed by atoms with Crippen LogP contribution in [0, 0.1) is 0 Å². The number of rotatable bonds is 1. The van der Waals surface area contributed by atoms with E-state index in [4.69, 9.17) is 9.47 Å². The van der Waals surface area contributed by atoms with Gasteiger partial charge in [-0.25, -0.2) is 0 Å². The molecule has 1 fully saturated rings. The summed E-state index contributed by atoms with van der Waals surface area (Å²) in [4.78, 5) is 0. The molecule has 0 amide bonds. The van der Waals surface area contributed by atoms with E-state index in [9.17, 15) is 10.2 Å². The van der Waals surface area contributed by atoms with Crippen molar-refractivity contribution in [2.24, 2.45) is 0 Å². The van der Waals surface area contributed by atoms with E-state index in [1.54, 1.807) is 13.8 Å². The molecule has 4 heteroatoms. The molecule has 1 unspecified atom stereocenters. The Morgan fingerprint density at radius 3 is 1.60 bits per heavy atom. The highest BCUT2D eigenvalue weighted by Crippen LogP contribution is 2.22. The van der Waals surface area contributed by atoms with E-state index in [2.05, 4.69) is 0 Å². The summed E-state index contributed by atoms with van der Waals surface area (Å²) in [5.41, 5.74) is 0. The van der Waals surface area contributed by atoms with Gasteiger partial charge in [0.2, 0.25) is 0 Å². The number of hydrogen-bond donors (Lipinski definition) is 2. The number of methoxy groups -OCH3 is 1. The zero-order chi connectivity index (χ0) is 11.3. The molecular formula is C11H26O4. The molecule has 2 N–H and O–H groups in total. The van der Waals surface area contributed by atoms with Crippen LogP contribution in [0.5, 0.6) is 0 Å². The van der Waals surface area contributed by atoms with Crippen LogP contribution in [-0.2, 0) is 9.47 Å². The molecular weight excluding hydrogens is 196 g/mol. The summed E-state index contributed by atoms with van der Waals surface area (Å²) in [6, 6.07) is 0. The quantitative estimate of drug-likeness (QED) is 0.700. The number of ether oxygens (including phenoxy) is 2. The maximum absolute atomic E-state index is 9.52. The van der Waals surface area contributed by atoms with Gasteiger partial charge in [-0.2, -0.15) is 0 Å². The second-order valence-corrected chi connectivity index (χ2v) is 3.23. The molecule has 1 aliphatic rings. The van der Waals surface area contributed by atoms with Crippen molar-refractivity contribution in [2.45, 2.75) is 65.6 Å². The Bertz CT molecular complexity index is 138. The molecule has 1 saturated heterocycles. The molecule has 0 spiro atoms. The number of hydrogen-bond acceptors (Lipinski definition) is 4. The molecule has 1 heterocycles. The molecule has 0 saturated carbocycles. The van der Waals surface area contributed by atoms with Crippen LogP contribution in [0.25, 0.3) is 0 Å². The first kappa shape index (κ1) is 17.2. The van der Waals surface area contributed by atoms with Gasteiger partial charge in [0.25, 0.3) is 0 Å². The van der Waals surface area contributed by atoms with E-state index >= 15 is 0 Å². The first-order valence-corrected chi connectivity index (χ1v) is 5.12. The number of aliphatic hydroxyl groups is 2. The minimum absolute atomic E-state index is 0. The van der Waals surface area contributed by atoms with E-state index in [1.165, 1.54) is 7.11 Å². The first-order valence-electron chi connectivity index (χ1n) is 5.12. The van der Waals surface area contributed by atoms with Crippen molar-refractivity contribution in [3.63, 3.8) is 0 Å². The van der Waals surface area contributed by atoms with Gasteiger partial charge in [-0.1, -0.05) is 21.3 Å². The Labute approximate surface area is 93.2 Å². The van der Waals surface area contributed by atoms with Gasteiger partial charge in [0.1, 0.15) is 18.3 Å². The third-order valence-electron chi connectivity index (χ3n) is 2.34. The fraction of sp³-hybridized carbons (Fsp3) is 1.00. The molecule has 1 aliphatic heterocycles. The van der Waals surface area contributed by atoms with Crippen molar-refractivity contribution >= 4 is 0 Å². The molecule has 0 aromatic carbocycles. The van der Waals surface area contributed by atoms with Gasteiger partial charge < -0.3 is 19.7 Å². The molecule has 5 atom stereocenters. The van der Waals surface area contributed by atoms with Gasteiger partial charge in [-0.05, 0) is 13.8 Å². The summed E-state index contributed by atoms with van der Waals surface area (Å²) in [5.74, 6) is 0. The van der Waals surface area contributed by atoms with E-state index in [-0.39, 0.29) is 19.6 Å². The summed E-state index contributed by atoms with van der Waals surface area (Å²) in [5, 5.41) is 19.0. The van der Waals surface area contributed by atoms with Crippen LogP contribution >= 0.6 is 0 Å². The molecule has 15 heavy (non-hydrogen) atoms. The maximum Gasteiger partial charge on any atom is 0.114 e. The second-order valence-electron chi connectivity index (χ2n) is 3.23. The molecule has 0 aromatic rings. The highest BCUT2D eigenvalue weighted by Gasteiger charge is 2.40. The average molecular weight is 222 g/mol. The normalized spacial score (nSPS) is 39.8. The minimum atomic E-state index is -0.749. The van der Waals surface area contributed by atoms with Gasteiger partial charge >= 0.3 is 0 Å². The van der Waals surface area contributed by atoms with Gasteiger partial charge in [-0.15, -0.1) is 0 Å². The van der Waals surface area contributed by atoms with E-state index in [0.717, 1.165) is 0 Å². The molecule has 0 bridgehead atoms. The van der Waals surface area contributed by atoms with Crippen LogP contribution in [-0.4, -0.2) is 47.8 Å². The Kier molecular flexibility index (Phi) is 9.25. The second kappa shape index (κ2) is 8.05. The lowest BCUT2D eigenvalue weighted by molar-refractivity contribution is -0.219. The molecule has 0 radical (unpaired) electrons. The van der Waals surface area contributed by atoms with Crippen molar-refractivity contribution in [3.8, 4) is 0 Å². The predicted octanol–water partition coefficient (Wildman–Crippen LogP) is 1.19. The van der Waals surface area contributed by atoms with Crippen LogP contribution < -0.4 is 0 Å². The lowest BCUT2D eigenvalue weighted by Crippen LogP contribution is -2.56. The summed E-state index contributed by atoms with van der Waals surface area (Å²) in [7, 11) is 1.47. The standard InChI is InChI=1S/C8H16O4.C2H6.CH4/c1-4-6(9)8(11-3)7(10)5(2)12-4;1-2;/h4-10H,1-3H3;1-2H3;1H4/t4-,5-,6-,7+,8?;;/m0../s1. The minimum Gasteiger partial charge on any atom is -0.388 e. The van der Waals surface area contributed by atoms with Gasteiger partial charge in [-0.3, -0.25) is 0 Å². The smallest absolute Gasteiger partial charge is 0.114 e. The molecule has 0 aliphatic carbocycles. The van der Waals surface area contributed by atoms with Crippen molar-refractivity contribution in [1.29, 1.82) is 0 Å². The lowest BCUT2D eigenvalue weighted by Gasteiger charge is -2.39. The van der Waals surface area contributed by atoms with E-state index in [1.807, 2.05) is 13.8 Å². The predicted molar refractivity (Wildman–Crippen MR) is 60.9 cm³/mol. The molecule has 0 aromatic heterocycles. The zero-order valence-corrected chi connectivity index (χ0v) is 9.60. The third-order valence-corrected chi connectivity index (χ3v) is 2.34. The van der Waals surface area contributed by atoms with Crippen molar-refractivity contribution in [2.75, 3.05) is 7.11 Å². The average Bonchev–Trinajstić information content (AvgIpc) is 2.19. The largest absolute Gasteiger partial charge is 0.388 e. The Balaban J connectivity index is 0. The summed E-state index contributed by atoms with van der Waals surface area (Å²) in [6.45, 7) is 7.53. The Hall–Kier alpha value is -0.160. The monoisotopic (exact) mass is 222 g/mol. The van der Waals surface area contributed by atoms with Gasteiger partial charge in [0, 0.05) is 7.11 Å². The third kappa shape index (κ3) is 4.07. The summed E-state index contributed by atoms with van der Waals surface area (Å²) in [6.07, 6.45) is -2.60. The van der Waals surface area contributed by atoms with Crippen LogP contribution in [0.15, 0.2) is 0 Å². The Morgan fingerprint density at radius 2 is 1.33 bits per heavy atom. The SMILES string of the molecule is C.CC.COC1[C@@H](O)[C@H](C)O[C@@H](C)[C@H]1O. The molecule has 1 rings (SSSR count). The van der Waals surface area contributed by atoms with E-state index < -0.39 is 18.3 Å². The fourth-order valence-electron chi connectivity index (χ4n) is 1.51. The van der Waals surface area contributed by atoms with Crippen LogP contribution in [0.2, 0.25) is 0 Å². The topological polar surface area (TPSA) is 58.9 Å². The number of aliphatic hydroxyl groups excluding tert-OH is 2. The van der Waals surface area contributed by atoms with Crippen LogP contribution in [0.1, 0.15) is 35.1 Å². The summed E-state index contributed by atoms with van der Waals surface area (Å²) >= 11 is 0. The molecule has 94 valence electrons. The van der Waals surface area contributed by atoms with E-state index in [0.29, 0.717) is 0 Å². The van der Waals surface area contributed by atoms with Crippen molar-refractivity contribution in [3.05, 3.63) is 0 Å². The van der Waals surface area contributed by atoms with Crippen LogP contribution in [0.4, 0.5) is 0 Å². The molecule has 4 nitrogen and oxygen atoms in total. The van der Waals surface area contributed by atoms with Crippen molar-refractivity contribution < 1.29 is 19.7 Å².